The molecule has 0 heterocycles. The van der Waals surface area contributed by atoms with E-state index in [2.05, 4.69) is 5.32 Å². The maximum Gasteiger partial charge on any atom is 0.282 e. The molecule has 0 aromatic rings. The van der Waals surface area contributed by atoms with Gasteiger partial charge in [0.2, 0.25) is 5.91 Å². The molecule has 0 radical (unpaired) electrons. The lowest BCUT2D eigenvalue weighted by Gasteiger charge is -2.33. The quantitative estimate of drug-likeness (QED) is 0.777. The van der Waals surface area contributed by atoms with Gasteiger partial charge >= 0.3 is 0 Å². The second-order valence-electron chi connectivity index (χ2n) is 4.92. The van der Waals surface area contributed by atoms with Crippen molar-refractivity contribution in [2.24, 2.45) is 0 Å². The molecule has 19 heavy (non-hydrogen) atoms. The molecule has 0 bridgehead atoms. The molecular formula is C12H25N3O3S. The summed E-state index contributed by atoms with van der Waals surface area (Å²) in [4.78, 5) is 11.4. The molecule has 1 rings (SSSR count). The van der Waals surface area contributed by atoms with Gasteiger partial charge in [-0.15, -0.1) is 0 Å². The van der Waals surface area contributed by atoms with E-state index in [1.807, 2.05) is 0 Å². The largest absolute Gasteiger partial charge is 0.358 e. The lowest BCUT2D eigenvalue weighted by molar-refractivity contribution is -0.120. The number of nitrogens with one attached hydrogen (secondary N) is 1. The third-order valence-electron chi connectivity index (χ3n) is 3.73. The fourth-order valence-corrected chi connectivity index (χ4v) is 3.97. The maximum absolute atomic E-state index is 12.5. The van der Waals surface area contributed by atoms with E-state index in [0.717, 1.165) is 25.7 Å². The van der Waals surface area contributed by atoms with Gasteiger partial charge < -0.3 is 5.32 Å². The van der Waals surface area contributed by atoms with Gasteiger partial charge in [-0.3, -0.25) is 4.79 Å². The van der Waals surface area contributed by atoms with Gasteiger partial charge in [0, 0.05) is 26.7 Å². The summed E-state index contributed by atoms with van der Waals surface area (Å²) in [5.41, 5.74) is 0. The molecule has 1 saturated carbocycles. The summed E-state index contributed by atoms with van der Waals surface area (Å²) in [5, 5.41) is 2.46. The van der Waals surface area contributed by atoms with Gasteiger partial charge in [-0.1, -0.05) is 26.2 Å². The Kier molecular flexibility index (Phi) is 6.22. The molecule has 112 valence electrons. The number of amides is 1. The fraction of sp³-hybridized carbons (Fsp3) is 0.917. The molecule has 1 N–H and O–H groups in total. The van der Waals surface area contributed by atoms with Crippen molar-refractivity contribution in [3.05, 3.63) is 0 Å². The van der Waals surface area contributed by atoms with Gasteiger partial charge in [0.15, 0.2) is 0 Å². The van der Waals surface area contributed by atoms with Crippen molar-refractivity contribution in [2.45, 2.75) is 45.1 Å². The number of carbonyl (C=O) groups is 1. The number of hydrogen-bond acceptors (Lipinski definition) is 3. The van der Waals surface area contributed by atoms with Gasteiger partial charge in [0.25, 0.3) is 10.2 Å². The summed E-state index contributed by atoms with van der Waals surface area (Å²) < 4.78 is 27.6. The van der Waals surface area contributed by atoms with Crippen LogP contribution < -0.4 is 5.32 Å². The smallest absolute Gasteiger partial charge is 0.282 e. The lowest BCUT2D eigenvalue weighted by atomic mass is 9.96. The van der Waals surface area contributed by atoms with Crippen LogP contribution in [-0.4, -0.2) is 56.2 Å². The first-order valence-electron chi connectivity index (χ1n) is 6.87. The Morgan fingerprint density at radius 1 is 1.26 bits per heavy atom. The van der Waals surface area contributed by atoms with Crippen molar-refractivity contribution >= 4 is 16.1 Å². The second-order valence-corrected chi connectivity index (χ2v) is 6.90. The van der Waals surface area contributed by atoms with E-state index in [4.69, 9.17) is 0 Å². The highest BCUT2D eigenvalue weighted by Gasteiger charge is 2.32. The summed E-state index contributed by atoms with van der Waals surface area (Å²) in [6.45, 7) is 1.93. The van der Waals surface area contributed by atoms with E-state index in [0.29, 0.717) is 6.54 Å². The molecule has 0 spiro atoms. The molecule has 1 amide bonds. The monoisotopic (exact) mass is 291 g/mol. The molecule has 0 atom stereocenters. The van der Waals surface area contributed by atoms with Crippen LogP contribution in [0, 0.1) is 0 Å². The molecule has 0 saturated heterocycles. The normalized spacial score (nSPS) is 17.9. The van der Waals surface area contributed by atoms with Gasteiger partial charge in [-0.25, -0.2) is 0 Å². The summed E-state index contributed by atoms with van der Waals surface area (Å²) in [6, 6.07) is 0.0671. The number of carbonyl (C=O) groups excluding carboxylic acids is 1. The molecule has 1 aliphatic carbocycles. The number of hydrogen-bond donors (Lipinski definition) is 1. The Morgan fingerprint density at radius 3 is 2.32 bits per heavy atom. The standard InChI is InChI=1S/C12H25N3O3S/c1-4-15(10-12(16)13-2)19(17,18)14(3)11-8-6-5-7-9-11/h11H,4-10H2,1-3H3,(H,13,16). The van der Waals surface area contributed by atoms with E-state index in [1.54, 1.807) is 14.0 Å². The van der Waals surface area contributed by atoms with Crippen molar-refractivity contribution in [3.8, 4) is 0 Å². The third kappa shape index (κ3) is 4.15. The Labute approximate surface area is 116 Å². The Balaban J connectivity index is 2.77. The average Bonchev–Trinajstić information content (AvgIpc) is 2.44. The first-order chi connectivity index (χ1) is 8.93. The van der Waals surface area contributed by atoms with E-state index < -0.39 is 10.2 Å². The Morgan fingerprint density at radius 2 is 1.84 bits per heavy atom. The van der Waals surface area contributed by atoms with Crippen LogP contribution in [0.25, 0.3) is 0 Å². The van der Waals surface area contributed by atoms with Crippen molar-refractivity contribution in [1.29, 1.82) is 0 Å². The topological polar surface area (TPSA) is 69.7 Å². The summed E-state index contributed by atoms with van der Waals surface area (Å²) >= 11 is 0. The highest BCUT2D eigenvalue weighted by atomic mass is 32.2. The van der Waals surface area contributed by atoms with E-state index in [-0.39, 0.29) is 18.5 Å². The number of rotatable bonds is 6. The van der Waals surface area contributed by atoms with Crippen LogP contribution in [0.2, 0.25) is 0 Å². The van der Waals surface area contributed by atoms with E-state index in [1.165, 1.54) is 22.1 Å². The van der Waals surface area contributed by atoms with E-state index >= 15 is 0 Å². The minimum atomic E-state index is -3.55. The van der Waals surface area contributed by atoms with Crippen LogP contribution in [0.1, 0.15) is 39.0 Å². The lowest BCUT2D eigenvalue weighted by Crippen LogP contribution is -2.49. The molecular weight excluding hydrogens is 266 g/mol. The zero-order chi connectivity index (χ0) is 14.5. The highest BCUT2D eigenvalue weighted by Crippen LogP contribution is 2.24. The maximum atomic E-state index is 12.5. The molecule has 0 aromatic carbocycles. The minimum Gasteiger partial charge on any atom is -0.358 e. The van der Waals surface area contributed by atoms with Gasteiger partial charge in [-0.05, 0) is 12.8 Å². The van der Waals surface area contributed by atoms with Crippen LogP contribution in [-0.2, 0) is 15.0 Å². The minimum absolute atomic E-state index is 0.0671. The van der Waals surface area contributed by atoms with Crippen molar-refractivity contribution < 1.29 is 13.2 Å². The Bertz CT molecular complexity index is 391. The summed E-state index contributed by atoms with van der Waals surface area (Å²) in [7, 11) is -0.420. The van der Waals surface area contributed by atoms with Crippen molar-refractivity contribution in [2.75, 3.05) is 27.2 Å². The predicted molar refractivity (Wildman–Crippen MR) is 74.9 cm³/mol. The zero-order valence-corrected chi connectivity index (χ0v) is 12.9. The van der Waals surface area contributed by atoms with Gasteiger partial charge in [-0.2, -0.15) is 17.0 Å². The fourth-order valence-electron chi connectivity index (χ4n) is 2.41. The van der Waals surface area contributed by atoms with Crippen molar-refractivity contribution in [1.82, 2.24) is 13.9 Å². The highest BCUT2D eigenvalue weighted by molar-refractivity contribution is 7.86. The molecule has 1 fully saturated rings. The number of likely N-dealkylation sites (N-methyl/N-ethyl adjacent to an activating group) is 2. The molecule has 7 heteroatoms. The van der Waals surface area contributed by atoms with E-state index in [9.17, 15) is 13.2 Å². The van der Waals surface area contributed by atoms with Crippen molar-refractivity contribution in [3.63, 3.8) is 0 Å². The van der Waals surface area contributed by atoms with Crippen LogP contribution in [0.5, 0.6) is 0 Å². The molecule has 6 nitrogen and oxygen atoms in total. The third-order valence-corrected chi connectivity index (χ3v) is 5.80. The van der Waals surface area contributed by atoms with Gasteiger partial charge in [0.05, 0.1) is 6.54 Å². The van der Waals surface area contributed by atoms with Crippen LogP contribution in [0.3, 0.4) is 0 Å². The van der Waals surface area contributed by atoms with Crippen LogP contribution in [0.15, 0.2) is 0 Å². The molecule has 0 unspecified atom stereocenters. The molecule has 0 aliphatic heterocycles. The predicted octanol–water partition coefficient (Wildman–Crippen LogP) is 0.564. The molecule has 0 aromatic heterocycles. The molecule has 1 aliphatic rings. The summed E-state index contributed by atoms with van der Waals surface area (Å²) in [5.74, 6) is -0.289. The zero-order valence-electron chi connectivity index (χ0n) is 12.1. The van der Waals surface area contributed by atoms with Crippen LogP contribution in [0.4, 0.5) is 0 Å². The SMILES string of the molecule is CCN(CC(=O)NC)S(=O)(=O)N(C)C1CCCCC1. The Hall–Kier alpha value is -0.660. The number of nitrogens with zero attached hydrogens (tertiary/aromatic N) is 2. The average molecular weight is 291 g/mol. The first kappa shape index (κ1) is 16.4. The summed E-state index contributed by atoms with van der Waals surface area (Å²) in [6.07, 6.45) is 5.15. The first-order valence-corrected chi connectivity index (χ1v) is 8.26. The van der Waals surface area contributed by atoms with Gasteiger partial charge in [0.1, 0.15) is 0 Å². The second kappa shape index (κ2) is 7.21. The van der Waals surface area contributed by atoms with Crippen LogP contribution >= 0.6 is 0 Å².